The van der Waals surface area contributed by atoms with Crippen LogP contribution in [0.5, 0.6) is 0 Å². The van der Waals surface area contributed by atoms with Crippen LogP contribution in [0.4, 0.5) is 0 Å². The van der Waals surface area contributed by atoms with Crippen LogP contribution in [-0.4, -0.2) is 16.1 Å². The molecule has 0 aliphatic carbocycles. The SMILES string of the molecule is c1ccc(CCNCc2csnn2)cc1. The first kappa shape index (κ1) is 10.3. The molecule has 0 atom stereocenters. The summed E-state index contributed by atoms with van der Waals surface area (Å²) in [4.78, 5) is 0. The quantitative estimate of drug-likeness (QED) is 0.780. The second-order valence-electron chi connectivity index (χ2n) is 3.31. The maximum absolute atomic E-state index is 3.97. The summed E-state index contributed by atoms with van der Waals surface area (Å²) in [6.07, 6.45) is 1.05. The van der Waals surface area contributed by atoms with Crippen LogP contribution in [0.25, 0.3) is 0 Å². The van der Waals surface area contributed by atoms with Gasteiger partial charge in [0.15, 0.2) is 0 Å². The van der Waals surface area contributed by atoms with E-state index in [0.717, 1.165) is 25.2 Å². The summed E-state index contributed by atoms with van der Waals surface area (Å²) in [6, 6.07) is 10.5. The highest BCUT2D eigenvalue weighted by Crippen LogP contribution is 1.99. The molecule has 0 fully saturated rings. The fourth-order valence-electron chi connectivity index (χ4n) is 1.35. The molecule has 4 heteroatoms. The molecule has 0 amide bonds. The van der Waals surface area contributed by atoms with E-state index in [4.69, 9.17) is 0 Å². The number of aromatic nitrogens is 2. The average Bonchev–Trinajstić information content (AvgIpc) is 2.79. The van der Waals surface area contributed by atoms with Gasteiger partial charge in [-0.3, -0.25) is 0 Å². The first-order chi connectivity index (χ1) is 7.45. The molecule has 2 aromatic rings. The average molecular weight is 219 g/mol. The van der Waals surface area contributed by atoms with E-state index >= 15 is 0 Å². The highest BCUT2D eigenvalue weighted by molar-refractivity contribution is 7.03. The van der Waals surface area contributed by atoms with E-state index in [1.165, 1.54) is 17.1 Å². The zero-order valence-corrected chi connectivity index (χ0v) is 9.20. The van der Waals surface area contributed by atoms with Gasteiger partial charge in [0, 0.05) is 11.9 Å². The van der Waals surface area contributed by atoms with Crippen LogP contribution in [0, 0.1) is 0 Å². The molecule has 0 saturated heterocycles. The Kier molecular flexibility index (Phi) is 3.82. The van der Waals surface area contributed by atoms with E-state index in [2.05, 4.69) is 39.2 Å². The molecular weight excluding hydrogens is 206 g/mol. The zero-order valence-electron chi connectivity index (χ0n) is 8.39. The maximum atomic E-state index is 3.97. The lowest BCUT2D eigenvalue weighted by atomic mass is 10.1. The topological polar surface area (TPSA) is 37.8 Å². The first-order valence-electron chi connectivity index (χ1n) is 4.96. The fourth-order valence-corrected chi connectivity index (χ4v) is 1.81. The smallest absolute Gasteiger partial charge is 0.0893 e. The van der Waals surface area contributed by atoms with Gasteiger partial charge in [0.05, 0.1) is 5.69 Å². The summed E-state index contributed by atoms with van der Waals surface area (Å²) < 4.78 is 3.81. The van der Waals surface area contributed by atoms with Crippen molar-refractivity contribution in [2.45, 2.75) is 13.0 Å². The summed E-state index contributed by atoms with van der Waals surface area (Å²) in [5.41, 5.74) is 2.38. The summed E-state index contributed by atoms with van der Waals surface area (Å²) in [7, 11) is 0. The second-order valence-corrected chi connectivity index (χ2v) is 3.92. The van der Waals surface area contributed by atoms with Gasteiger partial charge in [-0.25, -0.2) is 0 Å². The van der Waals surface area contributed by atoms with Gasteiger partial charge in [-0.05, 0) is 30.1 Å². The van der Waals surface area contributed by atoms with Gasteiger partial charge in [0.1, 0.15) is 0 Å². The normalized spacial score (nSPS) is 10.4. The maximum Gasteiger partial charge on any atom is 0.0893 e. The molecule has 3 nitrogen and oxygen atoms in total. The molecule has 1 aromatic heterocycles. The van der Waals surface area contributed by atoms with Crippen molar-refractivity contribution in [3.8, 4) is 0 Å². The van der Waals surface area contributed by atoms with Gasteiger partial charge in [-0.15, -0.1) is 5.10 Å². The van der Waals surface area contributed by atoms with E-state index in [-0.39, 0.29) is 0 Å². The standard InChI is InChI=1S/C11H13N3S/c1-2-4-10(5-3-1)6-7-12-8-11-9-15-14-13-11/h1-5,9,12H,6-8H2. The minimum Gasteiger partial charge on any atom is -0.311 e. The molecule has 0 radical (unpaired) electrons. The molecule has 1 N–H and O–H groups in total. The lowest BCUT2D eigenvalue weighted by molar-refractivity contribution is 0.673. The Morgan fingerprint density at radius 3 is 2.80 bits per heavy atom. The number of benzene rings is 1. The molecule has 0 spiro atoms. The predicted octanol–water partition coefficient (Wildman–Crippen LogP) is 1.87. The van der Waals surface area contributed by atoms with Gasteiger partial charge in [-0.1, -0.05) is 34.8 Å². The lowest BCUT2D eigenvalue weighted by Gasteiger charge is -2.02. The summed E-state index contributed by atoms with van der Waals surface area (Å²) in [5.74, 6) is 0. The Balaban J connectivity index is 1.68. The first-order valence-corrected chi connectivity index (χ1v) is 5.79. The Bertz CT molecular complexity index is 372. The van der Waals surface area contributed by atoms with Crippen LogP contribution in [0.15, 0.2) is 35.7 Å². The van der Waals surface area contributed by atoms with E-state index in [0.29, 0.717) is 0 Å². The molecular formula is C11H13N3S. The van der Waals surface area contributed by atoms with E-state index < -0.39 is 0 Å². The molecule has 15 heavy (non-hydrogen) atoms. The Labute approximate surface area is 93.3 Å². The molecule has 0 bridgehead atoms. The number of hydrogen-bond acceptors (Lipinski definition) is 4. The largest absolute Gasteiger partial charge is 0.311 e. The van der Waals surface area contributed by atoms with Gasteiger partial charge in [0.25, 0.3) is 0 Å². The van der Waals surface area contributed by atoms with Crippen LogP contribution in [0.1, 0.15) is 11.3 Å². The van der Waals surface area contributed by atoms with Gasteiger partial charge in [-0.2, -0.15) is 0 Å². The van der Waals surface area contributed by atoms with Crippen molar-refractivity contribution >= 4 is 11.5 Å². The van der Waals surface area contributed by atoms with Crippen LogP contribution in [0.2, 0.25) is 0 Å². The summed E-state index contributed by atoms with van der Waals surface area (Å²) >= 11 is 1.39. The van der Waals surface area contributed by atoms with Crippen molar-refractivity contribution in [2.24, 2.45) is 0 Å². The van der Waals surface area contributed by atoms with Crippen LogP contribution in [-0.2, 0) is 13.0 Å². The number of nitrogens with one attached hydrogen (secondary N) is 1. The molecule has 0 aliphatic heterocycles. The highest BCUT2D eigenvalue weighted by Gasteiger charge is 1.95. The van der Waals surface area contributed by atoms with Gasteiger partial charge >= 0.3 is 0 Å². The Hall–Kier alpha value is -1.26. The molecule has 0 aliphatic rings. The minimum atomic E-state index is 0.809. The van der Waals surface area contributed by atoms with Gasteiger partial charge in [0.2, 0.25) is 0 Å². The fraction of sp³-hybridized carbons (Fsp3) is 0.273. The molecule has 1 aromatic carbocycles. The Morgan fingerprint density at radius 1 is 1.20 bits per heavy atom. The number of hydrogen-bond donors (Lipinski definition) is 1. The zero-order chi connectivity index (χ0) is 10.3. The van der Waals surface area contributed by atoms with Crippen molar-refractivity contribution in [1.29, 1.82) is 0 Å². The molecule has 0 saturated carbocycles. The van der Waals surface area contributed by atoms with E-state index in [1.54, 1.807) is 0 Å². The monoisotopic (exact) mass is 219 g/mol. The van der Waals surface area contributed by atoms with Gasteiger partial charge < -0.3 is 5.32 Å². The third-order valence-corrected chi connectivity index (χ3v) is 2.70. The van der Waals surface area contributed by atoms with Crippen LogP contribution in [0.3, 0.4) is 0 Å². The van der Waals surface area contributed by atoms with Crippen molar-refractivity contribution in [2.75, 3.05) is 6.54 Å². The highest BCUT2D eigenvalue weighted by atomic mass is 32.1. The molecule has 1 heterocycles. The molecule has 0 unspecified atom stereocenters. The Morgan fingerprint density at radius 2 is 2.07 bits per heavy atom. The van der Waals surface area contributed by atoms with Crippen molar-refractivity contribution in [3.63, 3.8) is 0 Å². The lowest BCUT2D eigenvalue weighted by Crippen LogP contribution is -2.16. The predicted molar refractivity (Wildman–Crippen MR) is 61.8 cm³/mol. The third kappa shape index (κ3) is 3.42. The summed E-state index contributed by atoms with van der Waals surface area (Å²) in [6.45, 7) is 1.78. The second kappa shape index (κ2) is 5.58. The van der Waals surface area contributed by atoms with E-state index in [1.807, 2.05) is 11.4 Å². The van der Waals surface area contributed by atoms with Crippen LogP contribution >= 0.6 is 11.5 Å². The van der Waals surface area contributed by atoms with Crippen LogP contribution < -0.4 is 5.32 Å². The molecule has 78 valence electrons. The van der Waals surface area contributed by atoms with Crippen molar-refractivity contribution in [1.82, 2.24) is 14.9 Å². The minimum absolute atomic E-state index is 0.809. The number of rotatable bonds is 5. The third-order valence-electron chi connectivity index (χ3n) is 2.14. The molecule has 2 rings (SSSR count). The van der Waals surface area contributed by atoms with Crippen molar-refractivity contribution < 1.29 is 0 Å². The van der Waals surface area contributed by atoms with E-state index in [9.17, 15) is 0 Å². The summed E-state index contributed by atoms with van der Waals surface area (Å²) in [5, 5.41) is 9.28. The number of nitrogens with zero attached hydrogens (tertiary/aromatic N) is 2. The van der Waals surface area contributed by atoms with Crippen molar-refractivity contribution in [3.05, 3.63) is 47.0 Å².